The summed E-state index contributed by atoms with van der Waals surface area (Å²) in [4.78, 5) is 2.43. The zero-order valence-corrected chi connectivity index (χ0v) is 10.1. The lowest BCUT2D eigenvalue weighted by molar-refractivity contribution is 0.185. The van der Waals surface area contributed by atoms with E-state index in [1.807, 2.05) is 12.1 Å². The molecule has 17 heavy (non-hydrogen) atoms. The fourth-order valence-corrected chi connectivity index (χ4v) is 2.23. The molecule has 0 amide bonds. The second-order valence-electron chi connectivity index (χ2n) is 4.50. The predicted octanol–water partition coefficient (Wildman–Crippen LogP) is -0.667. The Hall–Kier alpha value is -0.875. The molecule has 5 heteroatoms. The van der Waals surface area contributed by atoms with Crippen LogP contribution in [0.25, 0.3) is 0 Å². The minimum atomic E-state index is -1.38. The van der Waals surface area contributed by atoms with Crippen molar-refractivity contribution in [2.75, 3.05) is 26.2 Å². The maximum absolute atomic E-state index is 9.04. The Labute approximate surface area is 102 Å². The first-order valence-corrected chi connectivity index (χ1v) is 6.09. The van der Waals surface area contributed by atoms with Gasteiger partial charge in [0.2, 0.25) is 0 Å². The van der Waals surface area contributed by atoms with Crippen LogP contribution in [0.3, 0.4) is 0 Å². The van der Waals surface area contributed by atoms with Gasteiger partial charge in [-0.15, -0.1) is 0 Å². The van der Waals surface area contributed by atoms with Crippen molar-refractivity contribution in [1.29, 1.82) is 0 Å². The van der Waals surface area contributed by atoms with E-state index in [-0.39, 0.29) is 0 Å². The van der Waals surface area contributed by atoms with Crippen molar-refractivity contribution in [2.45, 2.75) is 13.0 Å². The van der Waals surface area contributed by atoms with E-state index in [1.54, 1.807) is 12.1 Å². The van der Waals surface area contributed by atoms with Crippen LogP contribution in [0.1, 0.15) is 18.5 Å². The van der Waals surface area contributed by atoms with Gasteiger partial charge in [0.25, 0.3) is 0 Å². The fraction of sp³-hybridized carbons (Fsp3) is 0.500. The molecule has 0 saturated carbocycles. The van der Waals surface area contributed by atoms with Crippen molar-refractivity contribution in [2.24, 2.45) is 0 Å². The van der Waals surface area contributed by atoms with Crippen LogP contribution in [-0.4, -0.2) is 48.2 Å². The van der Waals surface area contributed by atoms with E-state index in [0.717, 1.165) is 26.2 Å². The Kier molecular flexibility index (Phi) is 4.18. The highest BCUT2D eigenvalue weighted by Gasteiger charge is 2.18. The maximum atomic E-state index is 9.04. The van der Waals surface area contributed by atoms with Crippen molar-refractivity contribution < 1.29 is 10.0 Å². The molecule has 1 aromatic carbocycles. The lowest BCUT2D eigenvalue weighted by atomic mass is 9.80. The fourth-order valence-electron chi connectivity index (χ4n) is 2.23. The lowest BCUT2D eigenvalue weighted by Crippen LogP contribution is -2.44. The van der Waals surface area contributed by atoms with E-state index in [1.165, 1.54) is 5.56 Å². The van der Waals surface area contributed by atoms with Crippen LogP contribution in [0.4, 0.5) is 0 Å². The molecular weight excluding hydrogens is 215 g/mol. The number of benzene rings is 1. The van der Waals surface area contributed by atoms with Gasteiger partial charge in [-0.3, -0.25) is 4.90 Å². The van der Waals surface area contributed by atoms with Crippen LogP contribution in [0.2, 0.25) is 0 Å². The van der Waals surface area contributed by atoms with Gasteiger partial charge in [-0.05, 0) is 17.9 Å². The van der Waals surface area contributed by atoms with Crippen LogP contribution in [0, 0.1) is 0 Å². The third-order valence-electron chi connectivity index (χ3n) is 3.42. The summed E-state index contributed by atoms with van der Waals surface area (Å²) < 4.78 is 0. The molecular formula is C12H19BN2O2. The third kappa shape index (κ3) is 3.07. The molecule has 0 bridgehead atoms. The van der Waals surface area contributed by atoms with Gasteiger partial charge < -0.3 is 15.4 Å². The Morgan fingerprint density at radius 3 is 2.29 bits per heavy atom. The van der Waals surface area contributed by atoms with Crippen molar-refractivity contribution in [3.05, 3.63) is 29.8 Å². The first-order chi connectivity index (χ1) is 8.18. The SMILES string of the molecule is C[C@H](c1ccc(B(O)O)cc1)N1CCNCC1. The Morgan fingerprint density at radius 1 is 1.18 bits per heavy atom. The van der Waals surface area contributed by atoms with Crippen LogP contribution in [0.5, 0.6) is 0 Å². The van der Waals surface area contributed by atoms with Gasteiger partial charge >= 0.3 is 7.12 Å². The summed E-state index contributed by atoms with van der Waals surface area (Å²) in [5.41, 5.74) is 1.76. The number of nitrogens with one attached hydrogen (secondary N) is 1. The average Bonchev–Trinajstić information content (AvgIpc) is 2.39. The van der Waals surface area contributed by atoms with Gasteiger partial charge in [-0.2, -0.15) is 0 Å². The largest absolute Gasteiger partial charge is 0.488 e. The van der Waals surface area contributed by atoms with Gasteiger partial charge in [0.05, 0.1) is 0 Å². The summed E-state index contributed by atoms with van der Waals surface area (Å²) in [6, 6.07) is 7.88. The summed E-state index contributed by atoms with van der Waals surface area (Å²) >= 11 is 0. The highest BCUT2D eigenvalue weighted by Crippen LogP contribution is 2.19. The number of piperazine rings is 1. The smallest absolute Gasteiger partial charge is 0.423 e. The molecule has 1 aromatic rings. The van der Waals surface area contributed by atoms with Crippen LogP contribution in [-0.2, 0) is 0 Å². The first kappa shape index (κ1) is 12.6. The van der Waals surface area contributed by atoms with Crippen molar-refractivity contribution in [1.82, 2.24) is 10.2 Å². The number of nitrogens with zero attached hydrogens (tertiary/aromatic N) is 1. The predicted molar refractivity (Wildman–Crippen MR) is 69.1 cm³/mol. The summed E-state index contributed by atoms with van der Waals surface area (Å²) in [6.45, 7) is 6.39. The van der Waals surface area contributed by atoms with E-state index in [2.05, 4.69) is 17.1 Å². The standard InChI is InChI=1S/C12H19BN2O2/c1-10(15-8-6-14-7-9-15)11-2-4-12(5-3-11)13(16)17/h2-5,10,14,16-17H,6-9H2,1H3/t10-/m1/s1. The number of rotatable bonds is 3. The van der Waals surface area contributed by atoms with Crippen LogP contribution in [0.15, 0.2) is 24.3 Å². The molecule has 1 fully saturated rings. The topological polar surface area (TPSA) is 55.7 Å². The van der Waals surface area contributed by atoms with Gasteiger partial charge in [0.15, 0.2) is 0 Å². The van der Waals surface area contributed by atoms with E-state index < -0.39 is 7.12 Å². The summed E-state index contributed by atoms with van der Waals surface area (Å²) in [6.07, 6.45) is 0. The molecule has 0 aliphatic carbocycles. The summed E-state index contributed by atoms with van der Waals surface area (Å²) in [5.74, 6) is 0. The van der Waals surface area contributed by atoms with E-state index >= 15 is 0 Å². The van der Waals surface area contributed by atoms with Crippen molar-refractivity contribution >= 4 is 12.6 Å². The molecule has 92 valence electrons. The minimum Gasteiger partial charge on any atom is -0.423 e. The second-order valence-corrected chi connectivity index (χ2v) is 4.50. The monoisotopic (exact) mass is 234 g/mol. The van der Waals surface area contributed by atoms with Gasteiger partial charge in [-0.1, -0.05) is 24.3 Å². The van der Waals surface area contributed by atoms with E-state index in [9.17, 15) is 0 Å². The molecule has 1 saturated heterocycles. The summed E-state index contributed by atoms with van der Waals surface area (Å²) in [7, 11) is -1.38. The van der Waals surface area contributed by atoms with E-state index in [4.69, 9.17) is 10.0 Å². The molecule has 3 N–H and O–H groups in total. The zero-order chi connectivity index (χ0) is 12.3. The molecule has 1 aliphatic rings. The molecule has 4 nitrogen and oxygen atoms in total. The number of hydrogen-bond donors (Lipinski definition) is 3. The first-order valence-electron chi connectivity index (χ1n) is 6.09. The Bertz CT molecular complexity index is 350. The molecule has 0 unspecified atom stereocenters. The molecule has 1 atom stereocenters. The van der Waals surface area contributed by atoms with Crippen LogP contribution >= 0.6 is 0 Å². The highest BCUT2D eigenvalue weighted by molar-refractivity contribution is 6.58. The maximum Gasteiger partial charge on any atom is 0.488 e. The van der Waals surface area contributed by atoms with Crippen LogP contribution < -0.4 is 10.8 Å². The third-order valence-corrected chi connectivity index (χ3v) is 3.42. The normalized spacial score (nSPS) is 19.0. The molecule has 0 aromatic heterocycles. The summed E-state index contributed by atoms with van der Waals surface area (Å²) in [5, 5.41) is 21.4. The highest BCUT2D eigenvalue weighted by atomic mass is 16.4. The molecule has 0 spiro atoms. The van der Waals surface area contributed by atoms with Gasteiger partial charge in [0, 0.05) is 32.2 Å². The lowest BCUT2D eigenvalue weighted by Gasteiger charge is -2.33. The molecule has 0 radical (unpaired) electrons. The van der Waals surface area contributed by atoms with Gasteiger partial charge in [-0.25, -0.2) is 0 Å². The zero-order valence-electron chi connectivity index (χ0n) is 10.1. The second kappa shape index (κ2) is 5.64. The van der Waals surface area contributed by atoms with E-state index in [0.29, 0.717) is 11.5 Å². The molecule has 2 rings (SSSR count). The number of hydrogen-bond acceptors (Lipinski definition) is 4. The Morgan fingerprint density at radius 2 is 1.76 bits per heavy atom. The Balaban J connectivity index is 2.05. The molecule has 1 heterocycles. The molecule has 1 aliphatic heterocycles. The average molecular weight is 234 g/mol. The quantitative estimate of drug-likeness (QED) is 0.607. The minimum absolute atomic E-state index is 0.377. The van der Waals surface area contributed by atoms with Crippen molar-refractivity contribution in [3.8, 4) is 0 Å². The van der Waals surface area contributed by atoms with Crippen molar-refractivity contribution in [3.63, 3.8) is 0 Å². The van der Waals surface area contributed by atoms with Gasteiger partial charge in [0.1, 0.15) is 0 Å².